The molecule has 14 heavy (non-hydrogen) atoms. The number of rotatable bonds is 2. The fourth-order valence-corrected chi connectivity index (χ4v) is 1.84. The van der Waals surface area contributed by atoms with Crippen molar-refractivity contribution < 1.29 is 9.84 Å². The van der Waals surface area contributed by atoms with E-state index in [2.05, 4.69) is 15.9 Å². The molecule has 0 aliphatic rings. The number of halogens is 1. The van der Waals surface area contributed by atoms with E-state index in [9.17, 15) is 5.11 Å². The Balaban J connectivity index is 3.39. The second kappa shape index (κ2) is 3.91. The predicted octanol–water partition coefficient (Wildman–Crippen LogP) is 2.99. The lowest BCUT2D eigenvalue weighted by Crippen LogP contribution is -2.17. The van der Waals surface area contributed by atoms with Crippen LogP contribution >= 0.6 is 15.9 Å². The Morgan fingerprint density at radius 3 is 2.36 bits per heavy atom. The molecule has 0 amide bonds. The summed E-state index contributed by atoms with van der Waals surface area (Å²) in [6.07, 6.45) is 0. The summed E-state index contributed by atoms with van der Waals surface area (Å²) in [7, 11) is 1.61. The molecule has 0 radical (unpaired) electrons. The first kappa shape index (κ1) is 11.5. The molecule has 1 aromatic rings. The van der Waals surface area contributed by atoms with E-state index < -0.39 is 5.60 Å². The van der Waals surface area contributed by atoms with Gasteiger partial charge in [-0.15, -0.1) is 0 Å². The Bertz CT molecular complexity index is 340. The molecule has 0 heterocycles. The Kier molecular flexibility index (Phi) is 3.22. The zero-order valence-electron chi connectivity index (χ0n) is 8.89. The van der Waals surface area contributed by atoms with Crippen molar-refractivity contribution >= 4 is 15.9 Å². The highest BCUT2D eigenvalue weighted by Gasteiger charge is 2.22. The molecule has 0 atom stereocenters. The van der Waals surface area contributed by atoms with Gasteiger partial charge in [-0.25, -0.2) is 0 Å². The van der Waals surface area contributed by atoms with Crippen LogP contribution in [-0.4, -0.2) is 12.2 Å². The highest BCUT2D eigenvalue weighted by atomic mass is 79.9. The van der Waals surface area contributed by atoms with Crippen molar-refractivity contribution in [2.75, 3.05) is 7.11 Å². The van der Waals surface area contributed by atoms with Crippen LogP contribution in [0.15, 0.2) is 16.6 Å². The SMILES string of the molecule is COc1c(C(C)(C)O)ccc(C)c1Br. The summed E-state index contributed by atoms with van der Waals surface area (Å²) in [4.78, 5) is 0. The number of hydrogen-bond donors (Lipinski definition) is 1. The molecule has 0 aliphatic heterocycles. The summed E-state index contributed by atoms with van der Waals surface area (Å²) in [6, 6.07) is 3.85. The fourth-order valence-electron chi connectivity index (χ4n) is 1.34. The first-order valence-electron chi connectivity index (χ1n) is 4.44. The Morgan fingerprint density at radius 2 is 1.93 bits per heavy atom. The van der Waals surface area contributed by atoms with Gasteiger partial charge in [-0.2, -0.15) is 0 Å². The summed E-state index contributed by atoms with van der Waals surface area (Å²) >= 11 is 3.45. The van der Waals surface area contributed by atoms with Crippen LogP contribution in [0.3, 0.4) is 0 Å². The van der Waals surface area contributed by atoms with Crippen molar-refractivity contribution in [1.82, 2.24) is 0 Å². The number of ether oxygens (including phenoxy) is 1. The van der Waals surface area contributed by atoms with E-state index in [1.54, 1.807) is 21.0 Å². The lowest BCUT2D eigenvalue weighted by Gasteiger charge is -2.22. The standard InChI is InChI=1S/C11H15BrO2/c1-7-5-6-8(11(2,3)13)10(14-4)9(7)12/h5-6,13H,1-4H3. The lowest BCUT2D eigenvalue weighted by molar-refractivity contribution is 0.0755. The van der Waals surface area contributed by atoms with E-state index in [-0.39, 0.29) is 0 Å². The van der Waals surface area contributed by atoms with Crippen LogP contribution in [0.4, 0.5) is 0 Å². The van der Waals surface area contributed by atoms with Crippen LogP contribution in [0, 0.1) is 6.92 Å². The lowest BCUT2D eigenvalue weighted by atomic mass is 9.96. The van der Waals surface area contributed by atoms with Gasteiger partial charge in [0.15, 0.2) is 0 Å². The van der Waals surface area contributed by atoms with Gasteiger partial charge in [0, 0.05) is 5.56 Å². The minimum Gasteiger partial charge on any atom is -0.495 e. The van der Waals surface area contributed by atoms with Crippen LogP contribution in [-0.2, 0) is 5.60 Å². The molecular weight excluding hydrogens is 244 g/mol. The number of hydrogen-bond acceptors (Lipinski definition) is 2. The Morgan fingerprint density at radius 1 is 1.36 bits per heavy atom. The smallest absolute Gasteiger partial charge is 0.139 e. The fraction of sp³-hybridized carbons (Fsp3) is 0.455. The molecule has 0 saturated carbocycles. The number of benzene rings is 1. The van der Waals surface area contributed by atoms with E-state index in [0.717, 1.165) is 15.6 Å². The van der Waals surface area contributed by atoms with Crippen LogP contribution in [0.5, 0.6) is 5.75 Å². The van der Waals surface area contributed by atoms with E-state index in [0.29, 0.717) is 5.75 Å². The normalized spacial score (nSPS) is 11.6. The van der Waals surface area contributed by atoms with Gasteiger partial charge in [0.2, 0.25) is 0 Å². The number of aryl methyl sites for hydroxylation is 1. The first-order valence-corrected chi connectivity index (χ1v) is 5.23. The van der Waals surface area contributed by atoms with Gasteiger partial charge in [-0.1, -0.05) is 12.1 Å². The molecule has 1 aromatic carbocycles. The second-order valence-electron chi connectivity index (χ2n) is 3.84. The third-order valence-corrected chi connectivity index (χ3v) is 3.14. The molecule has 0 spiro atoms. The van der Waals surface area contributed by atoms with Gasteiger partial charge >= 0.3 is 0 Å². The van der Waals surface area contributed by atoms with Gasteiger partial charge in [0.1, 0.15) is 5.75 Å². The highest BCUT2D eigenvalue weighted by molar-refractivity contribution is 9.10. The van der Waals surface area contributed by atoms with Crippen molar-refractivity contribution in [2.24, 2.45) is 0 Å². The van der Waals surface area contributed by atoms with Gasteiger partial charge in [-0.05, 0) is 42.3 Å². The average molecular weight is 259 g/mol. The van der Waals surface area contributed by atoms with E-state index in [4.69, 9.17) is 4.74 Å². The van der Waals surface area contributed by atoms with Gasteiger partial charge in [-0.3, -0.25) is 0 Å². The topological polar surface area (TPSA) is 29.5 Å². The van der Waals surface area contributed by atoms with Crippen molar-refractivity contribution in [3.05, 3.63) is 27.7 Å². The third-order valence-electron chi connectivity index (χ3n) is 2.15. The van der Waals surface area contributed by atoms with Crippen molar-refractivity contribution in [3.63, 3.8) is 0 Å². The van der Waals surface area contributed by atoms with Gasteiger partial charge < -0.3 is 9.84 Å². The molecule has 0 bridgehead atoms. The maximum absolute atomic E-state index is 9.92. The molecule has 1 rings (SSSR count). The summed E-state index contributed by atoms with van der Waals surface area (Å²) < 4.78 is 6.18. The Labute approximate surface area is 93.0 Å². The second-order valence-corrected chi connectivity index (χ2v) is 4.63. The van der Waals surface area contributed by atoms with Crippen molar-refractivity contribution in [3.8, 4) is 5.75 Å². The molecule has 3 heteroatoms. The highest BCUT2D eigenvalue weighted by Crippen LogP contribution is 2.37. The van der Waals surface area contributed by atoms with E-state index in [1.165, 1.54) is 0 Å². The first-order chi connectivity index (χ1) is 6.38. The molecule has 0 saturated heterocycles. The third kappa shape index (κ3) is 2.10. The molecule has 0 unspecified atom stereocenters. The monoisotopic (exact) mass is 258 g/mol. The molecule has 78 valence electrons. The minimum absolute atomic E-state index is 0.706. The van der Waals surface area contributed by atoms with Crippen LogP contribution in [0.25, 0.3) is 0 Å². The zero-order valence-corrected chi connectivity index (χ0v) is 10.5. The van der Waals surface area contributed by atoms with Crippen LogP contribution in [0.1, 0.15) is 25.0 Å². The maximum Gasteiger partial charge on any atom is 0.139 e. The van der Waals surface area contributed by atoms with E-state index >= 15 is 0 Å². The average Bonchev–Trinajstić information content (AvgIpc) is 2.07. The summed E-state index contributed by atoms with van der Waals surface area (Å²) in [5.41, 5.74) is 0.994. The summed E-state index contributed by atoms with van der Waals surface area (Å²) in [5, 5.41) is 9.92. The summed E-state index contributed by atoms with van der Waals surface area (Å²) in [6.45, 7) is 5.47. The molecule has 2 nitrogen and oxygen atoms in total. The van der Waals surface area contributed by atoms with Crippen LogP contribution in [0.2, 0.25) is 0 Å². The minimum atomic E-state index is -0.887. The number of methoxy groups -OCH3 is 1. The molecular formula is C11H15BrO2. The predicted molar refractivity (Wildman–Crippen MR) is 60.7 cm³/mol. The summed E-state index contributed by atoms with van der Waals surface area (Å²) in [5.74, 6) is 0.706. The number of aliphatic hydroxyl groups is 1. The van der Waals surface area contributed by atoms with Gasteiger partial charge in [0.25, 0.3) is 0 Å². The zero-order chi connectivity index (χ0) is 10.9. The van der Waals surface area contributed by atoms with E-state index in [1.807, 2.05) is 19.1 Å². The molecule has 0 fully saturated rings. The Hall–Kier alpha value is -0.540. The quantitative estimate of drug-likeness (QED) is 0.884. The van der Waals surface area contributed by atoms with Crippen LogP contribution < -0.4 is 4.74 Å². The molecule has 0 aromatic heterocycles. The largest absolute Gasteiger partial charge is 0.495 e. The van der Waals surface area contributed by atoms with Gasteiger partial charge in [0.05, 0.1) is 17.2 Å². The molecule has 0 aliphatic carbocycles. The van der Waals surface area contributed by atoms with Crippen molar-refractivity contribution in [1.29, 1.82) is 0 Å². The maximum atomic E-state index is 9.92. The van der Waals surface area contributed by atoms with Crippen molar-refractivity contribution in [2.45, 2.75) is 26.4 Å². The molecule has 1 N–H and O–H groups in total.